The van der Waals surface area contributed by atoms with Gasteiger partial charge in [0.25, 0.3) is 5.91 Å². The first-order chi connectivity index (χ1) is 18.9. The van der Waals surface area contributed by atoms with E-state index in [0.717, 1.165) is 49.6 Å². The number of aromatic nitrogens is 3. The maximum absolute atomic E-state index is 13.3. The second kappa shape index (κ2) is 10.4. The lowest BCUT2D eigenvalue weighted by atomic mass is 9.73. The first kappa shape index (κ1) is 25.5. The van der Waals surface area contributed by atoms with Crippen LogP contribution in [0.15, 0.2) is 54.4 Å². The smallest absolute Gasteiger partial charge is 0.260 e. The number of dihydropyridines is 1. The number of carbonyl (C=O) groups is 2. The van der Waals surface area contributed by atoms with Crippen LogP contribution >= 0.6 is 11.3 Å². The third-order valence-electron chi connectivity index (χ3n) is 7.52. The highest BCUT2D eigenvalue weighted by molar-refractivity contribution is 7.21. The summed E-state index contributed by atoms with van der Waals surface area (Å²) < 4.78 is 12.5. The van der Waals surface area contributed by atoms with Crippen molar-refractivity contribution >= 4 is 28.0 Å². The number of amides is 2. The first-order valence-corrected chi connectivity index (χ1v) is 13.8. The molecule has 1 spiro atoms. The molecule has 3 aromatic heterocycles. The standard InChI is InChI=1S/C27H31N7O4S/c1-17-21(10-18(11-29-17)31-23(35)14-33-15-27(16-33)5-8-38-9-6-27)32-24(36)20-12-30-34-13-22(39-26(20)34)19-4-3-7-28-25(19)37-2/h3-4,7,10-13,17,29H,5-6,8-9,14-16H2,1-2H3,(H,31,35)(H,32,36). The van der Waals surface area contributed by atoms with Crippen molar-refractivity contribution in [2.24, 2.45) is 5.41 Å². The number of likely N-dealkylation sites (tertiary alicyclic amines) is 1. The molecule has 12 heteroatoms. The molecule has 3 N–H and O–H groups in total. The number of carbonyl (C=O) groups excluding carboxylic acids is 2. The molecule has 3 aromatic rings. The molecule has 2 saturated heterocycles. The van der Waals surface area contributed by atoms with Crippen LogP contribution in [-0.2, 0) is 9.53 Å². The molecule has 1 unspecified atom stereocenters. The van der Waals surface area contributed by atoms with Gasteiger partial charge in [-0.3, -0.25) is 14.5 Å². The molecule has 3 aliphatic rings. The first-order valence-electron chi connectivity index (χ1n) is 13.0. The Morgan fingerprint density at radius 1 is 1.28 bits per heavy atom. The van der Waals surface area contributed by atoms with E-state index in [1.807, 2.05) is 25.3 Å². The topological polar surface area (TPSA) is 122 Å². The Bertz CT molecular complexity index is 1460. The zero-order chi connectivity index (χ0) is 27.0. The van der Waals surface area contributed by atoms with E-state index in [9.17, 15) is 9.59 Å². The van der Waals surface area contributed by atoms with Crippen molar-refractivity contribution < 1.29 is 19.1 Å². The fraction of sp³-hybridized carbons (Fsp3) is 0.407. The van der Waals surface area contributed by atoms with Gasteiger partial charge in [0.05, 0.1) is 47.6 Å². The van der Waals surface area contributed by atoms with Crippen LogP contribution in [0.25, 0.3) is 15.3 Å². The van der Waals surface area contributed by atoms with E-state index in [4.69, 9.17) is 9.47 Å². The maximum atomic E-state index is 13.3. The van der Waals surface area contributed by atoms with Crippen molar-refractivity contribution in [3.63, 3.8) is 0 Å². The van der Waals surface area contributed by atoms with Crippen molar-refractivity contribution in [3.05, 3.63) is 60.0 Å². The maximum Gasteiger partial charge on any atom is 0.260 e. The van der Waals surface area contributed by atoms with Gasteiger partial charge in [0, 0.05) is 56.0 Å². The van der Waals surface area contributed by atoms with Crippen molar-refractivity contribution in [2.75, 3.05) is 40.0 Å². The number of nitrogens with zero attached hydrogens (tertiary/aromatic N) is 4. The number of methoxy groups -OCH3 is 1. The monoisotopic (exact) mass is 549 g/mol. The highest BCUT2D eigenvalue weighted by Gasteiger charge is 2.44. The molecule has 2 amide bonds. The van der Waals surface area contributed by atoms with E-state index in [0.29, 0.717) is 39.6 Å². The summed E-state index contributed by atoms with van der Waals surface area (Å²) in [6.07, 6.45) is 10.8. The largest absolute Gasteiger partial charge is 0.481 e. The summed E-state index contributed by atoms with van der Waals surface area (Å²) in [4.78, 5) is 34.0. The van der Waals surface area contributed by atoms with Crippen molar-refractivity contribution in [1.29, 1.82) is 0 Å². The van der Waals surface area contributed by atoms with Gasteiger partial charge in [-0.05, 0) is 38.0 Å². The number of rotatable bonds is 7. The highest BCUT2D eigenvalue weighted by atomic mass is 32.1. The van der Waals surface area contributed by atoms with Crippen LogP contribution in [0.4, 0.5) is 0 Å². The van der Waals surface area contributed by atoms with Crippen LogP contribution < -0.4 is 20.7 Å². The molecular weight excluding hydrogens is 518 g/mol. The van der Waals surface area contributed by atoms with Crippen molar-refractivity contribution in [2.45, 2.75) is 25.8 Å². The van der Waals surface area contributed by atoms with Gasteiger partial charge in [-0.1, -0.05) is 0 Å². The van der Waals surface area contributed by atoms with Crippen molar-refractivity contribution in [3.8, 4) is 16.3 Å². The number of ether oxygens (including phenoxy) is 2. The molecule has 39 heavy (non-hydrogen) atoms. The quantitative estimate of drug-likeness (QED) is 0.410. The summed E-state index contributed by atoms with van der Waals surface area (Å²) in [6.45, 7) is 5.80. The Morgan fingerprint density at radius 2 is 2.10 bits per heavy atom. The lowest BCUT2D eigenvalue weighted by Crippen LogP contribution is -2.60. The fourth-order valence-corrected chi connectivity index (χ4v) is 6.47. The Balaban J connectivity index is 1.10. The Labute approximate surface area is 229 Å². The SMILES string of the molecule is COc1ncccc1-c1cn2ncc(C(=O)NC3=CC(NC(=O)CN4CC5(CCOCC5)C4)=CNC3C)c2s1. The zero-order valence-electron chi connectivity index (χ0n) is 21.9. The van der Waals surface area contributed by atoms with Crippen LogP contribution in [0.1, 0.15) is 30.1 Å². The minimum absolute atomic E-state index is 0.0725. The third-order valence-corrected chi connectivity index (χ3v) is 8.66. The summed E-state index contributed by atoms with van der Waals surface area (Å²) in [5, 5.41) is 13.6. The second-order valence-electron chi connectivity index (χ2n) is 10.3. The van der Waals surface area contributed by atoms with Gasteiger partial charge in [0.15, 0.2) is 0 Å². The average Bonchev–Trinajstić information content (AvgIpc) is 3.51. The molecule has 0 aliphatic carbocycles. The predicted octanol–water partition coefficient (Wildman–Crippen LogP) is 2.14. The summed E-state index contributed by atoms with van der Waals surface area (Å²) in [5.74, 6) is 0.168. The predicted molar refractivity (Wildman–Crippen MR) is 146 cm³/mol. The van der Waals surface area contributed by atoms with Crippen LogP contribution in [0.3, 0.4) is 0 Å². The Hall–Kier alpha value is -3.74. The van der Waals surface area contributed by atoms with Gasteiger partial charge in [-0.2, -0.15) is 5.10 Å². The molecule has 0 aromatic carbocycles. The van der Waals surface area contributed by atoms with Gasteiger partial charge in [0.2, 0.25) is 11.8 Å². The number of pyridine rings is 1. The van der Waals surface area contributed by atoms with Gasteiger partial charge >= 0.3 is 0 Å². The molecule has 11 nitrogen and oxygen atoms in total. The molecule has 1 atom stereocenters. The van der Waals surface area contributed by atoms with Gasteiger partial charge < -0.3 is 25.4 Å². The number of allylic oxidation sites excluding steroid dienone is 1. The molecular formula is C27H31N7O4S. The number of fused-ring (bicyclic) bond motifs is 1. The van der Waals surface area contributed by atoms with Crippen LogP contribution in [0.2, 0.25) is 0 Å². The molecule has 0 radical (unpaired) electrons. The molecule has 2 fully saturated rings. The Morgan fingerprint density at radius 3 is 2.90 bits per heavy atom. The van der Waals surface area contributed by atoms with E-state index in [1.165, 1.54) is 11.3 Å². The van der Waals surface area contributed by atoms with Crippen molar-refractivity contribution in [1.82, 2.24) is 35.4 Å². The molecule has 0 saturated carbocycles. The normalized spacial score (nSPS) is 20.5. The summed E-state index contributed by atoms with van der Waals surface area (Å²) in [5.41, 5.74) is 2.89. The van der Waals surface area contributed by atoms with Crippen LogP contribution in [0, 0.1) is 5.41 Å². The number of hydrogen-bond donors (Lipinski definition) is 3. The summed E-state index contributed by atoms with van der Waals surface area (Å²) in [6, 6.07) is 3.63. The van der Waals surface area contributed by atoms with E-state index in [2.05, 4.69) is 30.9 Å². The number of hydrogen-bond acceptors (Lipinski definition) is 9. The lowest BCUT2D eigenvalue weighted by Gasteiger charge is -2.52. The summed E-state index contributed by atoms with van der Waals surface area (Å²) >= 11 is 1.44. The molecule has 0 bridgehead atoms. The van der Waals surface area contributed by atoms with E-state index in [-0.39, 0.29) is 17.9 Å². The minimum atomic E-state index is -0.272. The Kier molecular flexibility index (Phi) is 6.83. The molecule has 6 heterocycles. The van der Waals surface area contributed by atoms with Crippen LogP contribution in [-0.4, -0.2) is 77.3 Å². The minimum Gasteiger partial charge on any atom is -0.481 e. The fourth-order valence-electron chi connectivity index (χ4n) is 5.40. The van der Waals surface area contributed by atoms with Gasteiger partial charge in [-0.15, -0.1) is 11.3 Å². The lowest BCUT2D eigenvalue weighted by molar-refractivity contribution is -0.128. The molecule has 3 aliphatic heterocycles. The van der Waals surface area contributed by atoms with E-state index >= 15 is 0 Å². The molecule has 204 valence electrons. The van der Waals surface area contributed by atoms with E-state index < -0.39 is 0 Å². The number of nitrogens with one attached hydrogen (secondary N) is 3. The number of thiazole rings is 1. The van der Waals surface area contributed by atoms with Gasteiger partial charge in [0.1, 0.15) is 4.83 Å². The summed E-state index contributed by atoms with van der Waals surface area (Å²) in [7, 11) is 1.58. The third kappa shape index (κ3) is 5.14. The molecule has 6 rings (SSSR count). The second-order valence-corrected chi connectivity index (χ2v) is 11.3. The van der Waals surface area contributed by atoms with Crippen LogP contribution in [0.5, 0.6) is 5.88 Å². The van der Waals surface area contributed by atoms with E-state index in [1.54, 1.807) is 36.3 Å². The zero-order valence-corrected chi connectivity index (χ0v) is 22.7. The average molecular weight is 550 g/mol. The highest BCUT2D eigenvalue weighted by Crippen LogP contribution is 2.39. The van der Waals surface area contributed by atoms with Gasteiger partial charge in [-0.25, -0.2) is 9.50 Å².